The number of fused-ring (bicyclic) bond motifs is 3. The standard InChI is InChI=1S/C26H18N6O4S/c33-25(29-13-15-11-27-24(28-12-15)16-5-7-20-18(9-16)14-30-32-20)17-6-8-23-21(10-17)31-26(34)19-3-1-2-4-22(19)37(23,35)36/h1-12,14H,13H2,(H,29,33)(H,30,32)(H,31,34). The average Bonchev–Trinajstić information content (AvgIpc) is 3.37. The van der Waals surface area contributed by atoms with E-state index in [0.717, 1.165) is 16.5 Å². The van der Waals surface area contributed by atoms with Gasteiger partial charge in [-0.3, -0.25) is 14.7 Å². The summed E-state index contributed by atoms with van der Waals surface area (Å²) in [6, 6.07) is 15.8. The first-order valence-corrected chi connectivity index (χ1v) is 12.7. The zero-order chi connectivity index (χ0) is 25.6. The van der Waals surface area contributed by atoms with Gasteiger partial charge in [0.15, 0.2) is 5.82 Å². The predicted molar refractivity (Wildman–Crippen MR) is 135 cm³/mol. The van der Waals surface area contributed by atoms with Crippen LogP contribution in [0.15, 0.2) is 89.0 Å². The lowest BCUT2D eigenvalue weighted by atomic mass is 10.1. The molecule has 37 heavy (non-hydrogen) atoms. The second-order valence-electron chi connectivity index (χ2n) is 8.43. The average molecular weight is 511 g/mol. The number of amides is 2. The van der Waals surface area contributed by atoms with E-state index in [4.69, 9.17) is 0 Å². The molecule has 0 unspecified atom stereocenters. The highest BCUT2D eigenvalue weighted by Crippen LogP contribution is 2.34. The first-order chi connectivity index (χ1) is 17.9. The molecule has 10 nitrogen and oxygen atoms in total. The zero-order valence-corrected chi connectivity index (χ0v) is 19.9. The van der Waals surface area contributed by atoms with Gasteiger partial charge in [-0.15, -0.1) is 0 Å². The van der Waals surface area contributed by atoms with E-state index < -0.39 is 21.7 Å². The van der Waals surface area contributed by atoms with Crippen LogP contribution in [0.5, 0.6) is 0 Å². The van der Waals surface area contributed by atoms with Crippen LogP contribution in [0.2, 0.25) is 0 Å². The second kappa shape index (κ2) is 8.64. The molecular formula is C26H18N6O4S. The maximum atomic E-state index is 13.1. The lowest BCUT2D eigenvalue weighted by Gasteiger charge is -2.10. The molecule has 0 spiro atoms. The Hall–Kier alpha value is -4.90. The summed E-state index contributed by atoms with van der Waals surface area (Å²) in [5.41, 5.74) is 2.75. The normalized spacial score (nSPS) is 13.8. The number of carbonyl (C=O) groups excluding carboxylic acids is 2. The van der Waals surface area contributed by atoms with Gasteiger partial charge in [-0.05, 0) is 48.5 Å². The molecule has 182 valence electrons. The van der Waals surface area contributed by atoms with E-state index in [0.29, 0.717) is 11.4 Å². The van der Waals surface area contributed by atoms with Gasteiger partial charge in [-0.2, -0.15) is 5.10 Å². The summed E-state index contributed by atoms with van der Waals surface area (Å²) in [6.07, 6.45) is 4.98. The maximum Gasteiger partial charge on any atom is 0.257 e. The number of aromatic nitrogens is 4. The molecule has 0 saturated carbocycles. The Kier molecular flexibility index (Phi) is 5.27. The van der Waals surface area contributed by atoms with Crippen LogP contribution in [0.25, 0.3) is 22.3 Å². The number of carbonyl (C=O) groups is 2. The molecule has 1 aliphatic rings. The van der Waals surface area contributed by atoms with Crippen molar-refractivity contribution in [2.75, 3.05) is 5.32 Å². The summed E-state index contributed by atoms with van der Waals surface area (Å²) in [5.74, 6) is -0.452. The third-order valence-electron chi connectivity index (χ3n) is 6.06. The van der Waals surface area contributed by atoms with Crippen molar-refractivity contribution in [3.63, 3.8) is 0 Å². The van der Waals surface area contributed by atoms with E-state index in [2.05, 4.69) is 30.8 Å². The number of hydrogen-bond donors (Lipinski definition) is 3. The van der Waals surface area contributed by atoms with Crippen LogP contribution in [0.1, 0.15) is 26.3 Å². The van der Waals surface area contributed by atoms with E-state index in [1.165, 1.54) is 30.3 Å². The van der Waals surface area contributed by atoms with E-state index in [-0.39, 0.29) is 33.2 Å². The smallest absolute Gasteiger partial charge is 0.257 e. The third kappa shape index (κ3) is 4.00. The SMILES string of the molecule is O=C(NCc1cnc(-c2ccc3[nH]ncc3c2)nc1)c1ccc2c(c1)NC(=O)c1ccccc1S2(=O)=O. The van der Waals surface area contributed by atoms with Crippen molar-refractivity contribution in [1.82, 2.24) is 25.5 Å². The van der Waals surface area contributed by atoms with Crippen molar-refractivity contribution in [2.45, 2.75) is 16.3 Å². The molecule has 5 aromatic rings. The topological polar surface area (TPSA) is 147 Å². The fourth-order valence-electron chi connectivity index (χ4n) is 4.16. The van der Waals surface area contributed by atoms with Gasteiger partial charge in [0, 0.05) is 41.0 Å². The molecule has 11 heteroatoms. The number of aromatic amines is 1. The number of hydrogen-bond acceptors (Lipinski definition) is 7. The van der Waals surface area contributed by atoms with Gasteiger partial charge >= 0.3 is 0 Å². The Morgan fingerprint density at radius 3 is 2.57 bits per heavy atom. The monoisotopic (exact) mass is 510 g/mol. The van der Waals surface area contributed by atoms with Crippen molar-refractivity contribution in [3.05, 3.63) is 95.9 Å². The highest BCUT2D eigenvalue weighted by molar-refractivity contribution is 7.91. The number of nitrogens with zero attached hydrogens (tertiary/aromatic N) is 3. The molecule has 0 atom stereocenters. The van der Waals surface area contributed by atoms with E-state index >= 15 is 0 Å². The maximum absolute atomic E-state index is 13.1. The molecular weight excluding hydrogens is 492 g/mol. The lowest BCUT2D eigenvalue weighted by molar-refractivity contribution is 0.0949. The van der Waals surface area contributed by atoms with Crippen molar-refractivity contribution in [2.24, 2.45) is 0 Å². The van der Waals surface area contributed by atoms with Gasteiger partial charge < -0.3 is 10.6 Å². The summed E-state index contributed by atoms with van der Waals surface area (Å²) in [4.78, 5) is 34.1. The number of rotatable bonds is 4. The molecule has 0 bridgehead atoms. The van der Waals surface area contributed by atoms with Crippen LogP contribution in [-0.2, 0) is 16.4 Å². The number of nitrogens with one attached hydrogen (secondary N) is 3. The summed E-state index contributed by atoms with van der Waals surface area (Å²) < 4.78 is 26.2. The molecule has 0 radical (unpaired) electrons. The van der Waals surface area contributed by atoms with Crippen molar-refractivity contribution >= 4 is 38.2 Å². The molecule has 3 aromatic carbocycles. The number of benzene rings is 3. The fraction of sp³-hybridized carbons (Fsp3) is 0.0385. The van der Waals surface area contributed by atoms with E-state index in [9.17, 15) is 18.0 Å². The van der Waals surface area contributed by atoms with E-state index in [1.54, 1.807) is 30.7 Å². The molecule has 2 amide bonds. The Morgan fingerprint density at radius 2 is 1.73 bits per heavy atom. The first-order valence-electron chi connectivity index (χ1n) is 11.2. The van der Waals surface area contributed by atoms with Gasteiger partial charge in [0.1, 0.15) is 0 Å². The summed E-state index contributed by atoms with van der Waals surface area (Å²) in [7, 11) is -3.94. The minimum absolute atomic E-state index is 0.0520. The second-order valence-corrected chi connectivity index (χ2v) is 10.3. The molecule has 2 aromatic heterocycles. The van der Waals surface area contributed by atoms with E-state index in [1.807, 2.05) is 18.2 Å². The van der Waals surface area contributed by atoms with Crippen LogP contribution in [0.3, 0.4) is 0 Å². The van der Waals surface area contributed by atoms with Gasteiger partial charge in [-0.25, -0.2) is 18.4 Å². The van der Waals surface area contributed by atoms with Gasteiger partial charge in [0.05, 0.1) is 32.8 Å². The summed E-state index contributed by atoms with van der Waals surface area (Å²) in [6.45, 7) is 0.160. The molecule has 0 fully saturated rings. The van der Waals surface area contributed by atoms with Crippen molar-refractivity contribution in [1.29, 1.82) is 0 Å². The number of H-pyrrole nitrogens is 1. The Morgan fingerprint density at radius 1 is 0.919 bits per heavy atom. The van der Waals surface area contributed by atoms with Gasteiger partial charge in [0.25, 0.3) is 11.8 Å². The zero-order valence-electron chi connectivity index (χ0n) is 19.1. The van der Waals surface area contributed by atoms with Crippen LogP contribution in [0, 0.1) is 0 Å². The molecule has 3 heterocycles. The highest BCUT2D eigenvalue weighted by atomic mass is 32.2. The van der Waals surface area contributed by atoms with Crippen molar-refractivity contribution in [3.8, 4) is 11.4 Å². The Balaban J connectivity index is 1.19. The molecule has 1 aliphatic heterocycles. The summed E-state index contributed by atoms with van der Waals surface area (Å²) in [5, 5.41) is 13.2. The number of anilines is 1. The predicted octanol–water partition coefficient (Wildman–Crippen LogP) is 3.35. The largest absolute Gasteiger partial charge is 0.348 e. The quantitative estimate of drug-likeness (QED) is 0.336. The molecule has 0 saturated heterocycles. The minimum atomic E-state index is -3.94. The first kappa shape index (κ1) is 22.6. The van der Waals surface area contributed by atoms with Crippen LogP contribution in [0.4, 0.5) is 5.69 Å². The summed E-state index contributed by atoms with van der Waals surface area (Å²) >= 11 is 0. The molecule has 3 N–H and O–H groups in total. The fourth-order valence-corrected chi connectivity index (χ4v) is 5.75. The van der Waals surface area contributed by atoms with Crippen LogP contribution >= 0.6 is 0 Å². The highest BCUT2D eigenvalue weighted by Gasteiger charge is 2.31. The van der Waals surface area contributed by atoms with Crippen molar-refractivity contribution < 1.29 is 18.0 Å². The third-order valence-corrected chi connectivity index (χ3v) is 7.93. The molecule has 0 aliphatic carbocycles. The lowest BCUT2D eigenvalue weighted by Crippen LogP contribution is -2.23. The van der Waals surface area contributed by atoms with Gasteiger partial charge in [-0.1, -0.05) is 12.1 Å². The Labute approximate surface area is 210 Å². The van der Waals surface area contributed by atoms with Gasteiger partial charge in [0.2, 0.25) is 9.84 Å². The molecule has 6 rings (SSSR count). The minimum Gasteiger partial charge on any atom is -0.348 e. The van der Waals surface area contributed by atoms with Crippen LogP contribution < -0.4 is 10.6 Å². The van der Waals surface area contributed by atoms with Crippen LogP contribution in [-0.4, -0.2) is 40.4 Å². The number of sulfone groups is 1. The Bertz CT molecular complexity index is 1810.